The first kappa shape index (κ1) is 21.6. The number of nitrogens with zero attached hydrogens (tertiary/aromatic N) is 4. The third-order valence-electron chi connectivity index (χ3n) is 5.07. The van der Waals surface area contributed by atoms with Crippen LogP contribution in [0.5, 0.6) is 0 Å². The van der Waals surface area contributed by atoms with E-state index < -0.39 is 0 Å². The maximum atomic E-state index is 4.42. The van der Waals surface area contributed by atoms with Gasteiger partial charge in [0, 0.05) is 45.1 Å². The zero-order chi connectivity index (χ0) is 19.2. The SMILES string of the molecule is CN=C(NCc1ccccc1-n1cccn1)NC1CCN(c2cccs2)CC1.I. The molecule has 1 aromatic carbocycles. The van der Waals surface area contributed by atoms with Crippen LogP contribution < -0.4 is 15.5 Å². The number of hydrogen-bond donors (Lipinski definition) is 2. The summed E-state index contributed by atoms with van der Waals surface area (Å²) < 4.78 is 1.90. The molecule has 0 bridgehead atoms. The molecule has 3 heterocycles. The monoisotopic (exact) mass is 522 g/mol. The number of piperidine rings is 1. The summed E-state index contributed by atoms with van der Waals surface area (Å²) >= 11 is 1.82. The van der Waals surface area contributed by atoms with Gasteiger partial charge in [0.25, 0.3) is 0 Å². The van der Waals surface area contributed by atoms with Crippen molar-refractivity contribution in [1.29, 1.82) is 0 Å². The minimum Gasteiger partial charge on any atom is -0.363 e. The van der Waals surface area contributed by atoms with Crippen molar-refractivity contribution in [3.8, 4) is 5.69 Å². The molecule has 154 valence electrons. The zero-order valence-electron chi connectivity index (χ0n) is 16.5. The lowest BCUT2D eigenvalue weighted by Crippen LogP contribution is -2.48. The van der Waals surface area contributed by atoms with Crippen molar-refractivity contribution in [2.24, 2.45) is 4.99 Å². The van der Waals surface area contributed by atoms with Crippen LogP contribution in [0.3, 0.4) is 0 Å². The minimum atomic E-state index is 0. The summed E-state index contributed by atoms with van der Waals surface area (Å²) in [7, 11) is 1.83. The molecular formula is C21H27IN6S. The van der Waals surface area contributed by atoms with E-state index in [9.17, 15) is 0 Å². The third kappa shape index (κ3) is 5.51. The molecule has 0 radical (unpaired) electrons. The third-order valence-corrected chi connectivity index (χ3v) is 6.00. The van der Waals surface area contributed by atoms with E-state index in [0.29, 0.717) is 12.6 Å². The van der Waals surface area contributed by atoms with Gasteiger partial charge in [-0.1, -0.05) is 18.2 Å². The number of halogens is 1. The van der Waals surface area contributed by atoms with Gasteiger partial charge in [-0.25, -0.2) is 4.68 Å². The highest BCUT2D eigenvalue weighted by Gasteiger charge is 2.20. The second-order valence-electron chi connectivity index (χ2n) is 6.86. The fourth-order valence-corrected chi connectivity index (χ4v) is 4.34. The predicted octanol–water partition coefficient (Wildman–Crippen LogP) is 3.89. The summed E-state index contributed by atoms with van der Waals surface area (Å²) in [6.07, 6.45) is 5.99. The molecule has 2 aromatic heterocycles. The Hall–Kier alpha value is -2.07. The van der Waals surface area contributed by atoms with Crippen molar-refractivity contribution < 1.29 is 0 Å². The highest BCUT2D eigenvalue weighted by atomic mass is 127. The molecule has 0 aliphatic carbocycles. The van der Waals surface area contributed by atoms with Gasteiger partial charge in [0.15, 0.2) is 5.96 Å². The summed E-state index contributed by atoms with van der Waals surface area (Å²) in [4.78, 5) is 6.89. The van der Waals surface area contributed by atoms with Crippen LogP contribution in [0.15, 0.2) is 65.2 Å². The molecule has 0 unspecified atom stereocenters. The van der Waals surface area contributed by atoms with Crippen LogP contribution in [0.4, 0.5) is 5.00 Å². The van der Waals surface area contributed by atoms with Gasteiger partial charge in [0.1, 0.15) is 0 Å². The molecule has 0 atom stereocenters. The van der Waals surface area contributed by atoms with Crippen molar-refractivity contribution in [1.82, 2.24) is 20.4 Å². The second kappa shape index (κ2) is 10.6. The van der Waals surface area contributed by atoms with Crippen molar-refractivity contribution >= 4 is 46.3 Å². The molecule has 2 N–H and O–H groups in total. The summed E-state index contributed by atoms with van der Waals surface area (Å²) in [6, 6.07) is 15.0. The highest BCUT2D eigenvalue weighted by Crippen LogP contribution is 2.24. The topological polar surface area (TPSA) is 57.5 Å². The van der Waals surface area contributed by atoms with Crippen LogP contribution in [-0.4, -0.2) is 41.9 Å². The molecule has 1 aliphatic heterocycles. The number of para-hydroxylation sites is 1. The normalized spacial score (nSPS) is 15.1. The van der Waals surface area contributed by atoms with Crippen molar-refractivity contribution in [2.75, 3.05) is 25.0 Å². The molecule has 0 saturated carbocycles. The van der Waals surface area contributed by atoms with E-state index in [1.54, 1.807) is 6.20 Å². The molecule has 1 saturated heterocycles. The molecular weight excluding hydrogens is 495 g/mol. The quantitative estimate of drug-likeness (QED) is 0.304. The van der Waals surface area contributed by atoms with Crippen molar-refractivity contribution in [3.63, 3.8) is 0 Å². The van der Waals surface area contributed by atoms with Gasteiger partial charge >= 0.3 is 0 Å². The van der Waals surface area contributed by atoms with Gasteiger partial charge in [-0.2, -0.15) is 5.10 Å². The Morgan fingerprint density at radius 3 is 2.69 bits per heavy atom. The van der Waals surface area contributed by atoms with Gasteiger partial charge in [0.05, 0.1) is 10.7 Å². The summed E-state index contributed by atoms with van der Waals surface area (Å²) in [5.74, 6) is 0.852. The van der Waals surface area contributed by atoms with E-state index in [1.807, 2.05) is 41.4 Å². The fourth-order valence-electron chi connectivity index (χ4n) is 3.56. The number of benzene rings is 1. The van der Waals surface area contributed by atoms with E-state index in [1.165, 1.54) is 10.6 Å². The lowest BCUT2D eigenvalue weighted by atomic mass is 10.1. The Morgan fingerprint density at radius 1 is 1.17 bits per heavy atom. The van der Waals surface area contributed by atoms with Crippen molar-refractivity contribution in [2.45, 2.75) is 25.4 Å². The molecule has 8 heteroatoms. The number of rotatable bonds is 5. The lowest BCUT2D eigenvalue weighted by molar-refractivity contribution is 0.462. The summed E-state index contributed by atoms with van der Waals surface area (Å²) in [5, 5.41) is 14.9. The maximum Gasteiger partial charge on any atom is 0.191 e. The predicted molar refractivity (Wildman–Crippen MR) is 132 cm³/mol. The first-order chi connectivity index (χ1) is 13.8. The molecule has 1 fully saturated rings. The molecule has 4 rings (SSSR count). The molecule has 0 spiro atoms. The van der Waals surface area contributed by atoms with Gasteiger partial charge in [-0.3, -0.25) is 4.99 Å². The Labute approximate surface area is 193 Å². The number of aromatic nitrogens is 2. The van der Waals surface area contributed by atoms with Crippen LogP contribution in [-0.2, 0) is 6.54 Å². The average Bonchev–Trinajstić information content (AvgIpc) is 3.46. The Morgan fingerprint density at radius 2 is 2.00 bits per heavy atom. The number of anilines is 1. The van der Waals surface area contributed by atoms with E-state index in [2.05, 4.69) is 61.3 Å². The van der Waals surface area contributed by atoms with Crippen LogP contribution in [0.25, 0.3) is 5.69 Å². The Bertz CT molecular complexity index is 886. The van der Waals surface area contributed by atoms with Crippen LogP contribution in [0, 0.1) is 0 Å². The summed E-state index contributed by atoms with van der Waals surface area (Å²) in [6.45, 7) is 2.86. The maximum absolute atomic E-state index is 4.42. The second-order valence-corrected chi connectivity index (χ2v) is 7.79. The number of guanidine groups is 1. The Kier molecular flexibility index (Phi) is 7.93. The van der Waals surface area contributed by atoms with Gasteiger partial charge in [-0.15, -0.1) is 35.3 Å². The van der Waals surface area contributed by atoms with E-state index in [-0.39, 0.29) is 24.0 Å². The number of hydrogen-bond acceptors (Lipinski definition) is 4. The van der Waals surface area contributed by atoms with Crippen LogP contribution >= 0.6 is 35.3 Å². The molecule has 3 aromatic rings. The first-order valence-electron chi connectivity index (χ1n) is 9.67. The first-order valence-corrected chi connectivity index (χ1v) is 10.5. The number of nitrogens with one attached hydrogen (secondary N) is 2. The zero-order valence-corrected chi connectivity index (χ0v) is 19.6. The number of thiophene rings is 1. The average molecular weight is 522 g/mol. The van der Waals surface area contributed by atoms with E-state index in [0.717, 1.165) is 37.6 Å². The van der Waals surface area contributed by atoms with E-state index >= 15 is 0 Å². The lowest BCUT2D eigenvalue weighted by Gasteiger charge is -2.33. The molecule has 6 nitrogen and oxygen atoms in total. The number of aliphatic imine (C=N–C) groups is 1. The largest absolute Gasteiger partial charge is 0.363 e. The summed E-state index contributed by atoms with van der Waals surface area (Å²) in [5.41, 5.74) is 2.27. The van der Waals surface area contributed by atoms with Gasteiger partial charge < -0.3 is 15.5 Å². The molecule has 29 heavy (non-hydrogen) atoms. The van der Waals surface area contributed by atoms with Crippen LogP contribution in [0.2, 0.25) is 0 Å². The van der Waals surface area contributed by atoms with E-state index in [4.69, 9.17) is 0 Å². The smallest absolute Gasteiger partial charge is 0.191 e. The Balaban J connectivity index is 0.00000240. The molecule has 0 amide bonds. The van der Waals surface area contributed by atoms with Crippen molar-refractivity contribution in [3.05, 3.63) is 65.8 Å². The standard InChI is InChI=1S/C21H26N6S.HI/c1-22-21(25-18-9-13-26(14-10-18)20-8-4-15-28-20)23-16-17-6-2-3-7-19(17)27-12-5-11-24-27;/h2-8,11-12,15,18H,9-10,13-14,16H2,1H3,(H2,22,23,25);1H. The minimum absolute atomic E-state index is 0. The fraction of sp³-hybridized carbons (Fsp3) is 0.333. The highest BCUT2D eigenvalue weighted by molar-refractivity contribution is 14.0. The van der Waals surface area contributed by atoms with Gasteiger partial charge in [-0.05, 0) is 48.1 Å². The molecule has 1 aliphatic rings. The van der Waals surface area contributed by atoms with Gasteiger partial charge in [0.2, 0.25) is 0 Å². The van der Waals surface area contributed by atoms with Crippen LogP contribution in [0.1, 0.15) is 18.4 Å².